The van der Waals surface area contributed by atoms with Gasteiger partial charge in [-0.1, -0.05) is 42.5 Å². The van der Waals surface area contributed by atoms with Crippen molar-refractivity contribution in [1.82, 2.24) is 9.97 Å². The number of benzene rings is 2. The fourth-order valence-electron chi connectivity index (χ4n) is 2.81. The lowest BCUT2D eigenvalue weighted by atomic mass is 10.1. The summed E-state index contributed by atoms with van der Waals surface area (Å²) in [6.45, 7) is 0.370. The highest BCUT2D eigenvalue weighted by Crippen LogP contribution is 2.32. The number of para-hydroxylation sites is 1. The van der Waals surface area contributed by atoms with Crippen LogP contribution in [0, 0.1) is 0 Å². The Kier molecular flexibility index (Phi) is 4.62. The van der Waals surface area contributed by atoms with Crippen molar-refractivity contribution in [3.63, 3.8) is 0 Å². The van der Waals surface area contributed by atoms with E-state index in [0.29, 0.717) is 29.3 Å². The first-order valence-electron chi connectivity index (χ1n) is 8.35. The third-order valence-electron chi connectivity index (χ3n) is 4.06. The van der Waals surface area contributed by atoms with Gasteiger partial charge in [0.2, 0.25) is 5.89 Å². The average Bonchev–Trinajstić information content (AvgIpc) is 3.13. The molecule has 26 heavy (non-hydrogen) atoms. The molecule has 0 aliphatic carbocycles. The Hall–Kier alpha value is -3.18. The van der Waals surface area contributed by atoms with Crippen LogP contribution in [0.15, 0.2) is 77.3 Å². The third-order valence-corrected chi connectivity index (χ3v) is 4.06. The zero-order valence-corrected chi connectivity index (χ0v) is 14.3. The van der Waals surface area contributed by atoms with Crippen LogP contribution in [0.5, 0.6) is 5.75 Å². The van der Waals surface area contributed by atoms with E-state index in [0.717, 1.165) is 11.3 Å². The molecule has 2 heterocycles. The van der Waals surface area contributed by atoms with Gasteiger partial charge in [0.25, 0.3) is 0 Å². The summed E-state index contributed by atoms with van der Waals surface area (Å²) in [5.74, 6) is 1.16. The molecule has 2 aromatic carbocycles. The molecule has 0 radical (unpaired) electrons. The predicted octanol–water partition coefficient (Wildman–Crippen LogP) is 4.54. The van der Waals surface area contributed by atoms with Gasteiger partial charge in [0.1, 0.15) is 12.4 Å². The summed E-state index contributed by atoms with van der Waals surface area (Å²) in [5, 5.41) is 0. The standard InChI is InChI=1S/C21H18N2O3/c1-24-20(15-8-3-2-4-9-15)21-23-19-17(11-7-12-18(19)26-21)25-14-16-10-5-6-13-22-16/h2-13,20H,14H2,1H3. The van der Waals surface area contributed by atoms with Gasteiger partial charge in [0, 0.05) is 13.3 Å². The van der Waals surface area contributed by atoms with Gasteiger partial charge in [-0.15, -0.1) is 0 Å². The molecule has 0 saturated carbocycles. The molecule has 4 aromatic rings. The van der Waals surface area contributed by atoms with Crippen LogP contribution in [0.3, 0.4) is 0 Å². The number of aromatic nitrogens is 2. The van der Waals surface area contributed by atoms with Crippen LogP contribution in [-0.2, 0) is 11.3 Å². The number of ether oxygens (including phenoxy) is 2. The Balaban J connectivity index is 1.64. The van der Waals surface area contributed by atoms with Gasteiger partial charge < -0.3 is 13.9 Å². The maximum absolute atomic E-state index is 5.94. The number of hydrogen-bond acceptors (Lipinski definition) is 5. The maximum Gasteiger partial charge on any atom is 0.229 e. The van der Waals surface area contributed by atoms with E-state index in [1.807, 2.05) is 66.7 Å². The van der Waals surface area contributed by atoms with Crippen molar-refractivity contribution in [2.75, 3.05) is 7.11 Å². The number of oxazole rings is 1. The van der Waals surface area contributed by atoms with E-state index >= 15 is 0 Å². The van der Waals surface area contributed by atoms with Crippen LogP contribution in [0.2, 0.25) is 0 Å². The summed E-state index contributed by atoms with van der Waals surface area (Å²) in [7, 11) is 1.64. The van der Waals surface area contributed by atoms with E-state index in [-0.39, 0.29) is 6.10 Å². The van der Waals surface area contributed by atoms with Crippen molar-refractivity contribution in [3.8, 4) is 5.75 Å². The van der Waals surface area contributed by atoms with Gasteiger partial charge >= 0.3 is 0 Å². The summed E-state index contributed by atoms with van der Waals surface area (Å²) >= 11 is 0. The quantitative estimate of drug-likeness (QED) is 0.513. The summed E-state index contributed by atoms with van der Waals surface area (Å²) < 4.78 is 17.5. The second-order valence-corrected chi connectivity index (χ2v) is 5.79. The molecule has 0 N–H and O–H groups in total. The van der Waals surface area contributed by atoms with Crippen molar-refractivity contribution < 1.29 is 13.9 Å². The molecule has 0 saturated heterocycles. The molecule has 2 aromatic heterocycles. The molecule has 0 spiro atoms. The minimum atomic E-state index is -0.368. The lowest BCUT2D eigenvalue weighted by molar-refractivity contribution is 0.113. The summed E-state index contributed by atoms with van der Waals surface area (Å²) in [5.41, 5.74) is 3.18. The number of nitrogens with zero attached hydrogens (tertiary/aromatic N) is 2. The molecule has 0 amide bonds. The molecule has 0 aliphatic rings. The van der Waals surface area contributed by atoms with E-state index in [9.17, 15) is 0 Å². The number of rotatable bonds is 6. The largest absolute Gasteiger partial charge is 0.485 e. The number of hydrogen-bond donors (Lipinski definition) is 0. The summed E-state index contributed by atoms with van der Waals surface area (Å²) in [6.07, 6.45) is 1.38. The van der Waals surface area contributed by atoms with Crippen LogP contribution in [0.1, 0.15) is 23.3 Å². The molecule has 5 nitrogen and oxygen atoms in total. The van der Waals surface area contributed by atoms with Gasteiger partial charge in [-0.2, -0.15) is 0 Å². The molecule has 0 aliphatic heterocycles. The van der Waals surface area contributed by atoms with E-state index < -0.39 is 0 Å². The second kappa shape index (κ2) is 7.37. The van der Waals surface area contributed by atoms with Crippen molar-refractivity contribution in [3.05, 3.63) is 90.1 Å². The number of methoxy groups -OCH3 is 1. The molecule has 5 heteroatoms. The van der Waals surface area contributed by atoms with E-state index in [1.165, 1.54) is 0 Å². The van der Waals surface area contributed by atoms with Crippen LogP contribution in [0.4, 0.5) is 0 Å². The first-order valence-corrected chi connectivity index (χ1v) is 8.35. The minimum Gasteiger partial charge on any atom is -0.485 e. The Morgan fingerprint density at radius 3 is 2.58 bits per heavy atom. The first kappa shape index (κ1) is 16.3. The molecular weight excluding hydrogens is 328 g/mol. The zero-order chi connectivity index (χ0) is 17.8. The molecular formula is C21H18N2O3. The zero-order valence-electron chi connectivity index (χ0n) is 14.3. The van der Waals surface area contributed by atoms with Crippen LogP contribution >= 0.6 is 0 Å². The van der Waals surface area contributed by atoms with Crippen LogP contribution < -0.4 is 4.74 Å². The van der Waals surface area contributed by atoms with Gasteiger partial charge in [-0.25, -0.2) is 4.98 Å². The maximum atomic E-state index is 5.94. The highest BCUT2D eigenvalue weighted by atomic mass is 16.5. The van der Waals surface area contributed by atoms with Crippen LogP contribution in [-0.4, -0.2) is 17.1 Å². The van der Waals surface area contributed by atoms with Gasteiger partial charge in [-0.05, 0) is 29.8 Å². The Labute approximate surface area is 151 Å². The van der Waals surface area contributed by atoms with Crippen molar-refractivity contribution in [2.45, 2.75) is 12.7 Å². The smallest absolute Gasteiger partial charge is 0.229 e. The number of pyridine rings is 1. The first-order chi connectivity index (χ1) is 12.8. The Morgan fingerprint density at radius 2 is 1.81 bits per heavy atom. The van der Waals surface area contributed by atoms with Crippen molar-refractivity contribution in [2.24, 2.45) is 0 Å². The lowest BCUT2D eigenvalue weighted by Crippen LogP contribution is -2.03. The topological polar surface area (TPSA) is 57.4 Å². The SMILES string of the molecule is COC(c1ccccc1)c1nc2c(OCc3ccccn3)cccc2o1. The molecule has 4 rings (SSSR count). The minimum absolute atomic E-state index is 0.368. The van der Waals surface area contributed by atoms with Gasteiger partial charge in [-0.3, -0.25) is 4.98 Å². The van der Waals surface area contributed by atoms with Crippen molar-refractivity contribution >= 4 is 11.1 Å². The Morgan fingerprint density at radius 1 is 0.962 bits per heavy atom. The average molecular weight is 346 g/mol. The normalized spacial score (nSPS) is 12.2. The highest BCUT2D eigenvalue weighted by Gasteiger charge is 2.21. The van der Waals surface area contributed by atoms with Gasteiger partial charge in [0.05, 0.1) is 5.69 Å². The Bertz CT molecular complexity index is 984. The molecule has 1 atom stereocenters. The number of fused-ring (bicyclic) bond motifs is 1. The summed E-state index contributed by atoms with van der Waals surface area (Å²) in [4.78, 5) is 8.91. The van der Waals surface area contributed by atoms with E-state index in [1.54, 1.807) is 13.3 Å². The monoisotopic (exact) mass is 346 g/mol. The molecule has 0 bridgehead atoms. The lowest BCUT2D eigenvalue weighted by Gasteiger charge is -2.11. The van der Waals surface area contributed by atoms with E-state index in [2.05, 4.69) is 9.97 Å². The predicted molar refractivity (Wildman–Crippen MR) is 97.9 cm³/mol. The fourth-order valence-corrected chi connectivity index (χ4v) is 2.81. The molecule has 130 valence electrons. The molecule has 1 unspecified atom stereocenters. The third kappa shape index (κ3) is 3.30. The fraction of sp³-hybridized carbons (Fsp3) is 0.143. The van der Waals surface area contributed by atoms with Crippen LogP contribution in [0.25, 0.3) is 11.1 Å². The molecule has 0 fully saturated rings. The van der Waals surface area contributed by atoms with Crippen molar-refractivity contribution in [1.29, 1.82) is 0 Å². The van der Waals surface area contributed by atoms with E-state index in [4.69, 9.17) is 13.9 Å². The summed E-state index contributed by atoms with van der Waals surface area (Å²) in [6, 6.07) is 21.2. The second-order valence-electron chi connectivity index (χ2n) is 5.79. The highest BCUT2D eigenvalue weighted by molar-refractivity contribution is 5.79. The van der Waals surface area contributed by atoms with Gasteiger partial charge in [0.15, 0.2) is 17.2 Å².